The van der Waals surface area contributed by atoms with E-state index in [0.717, 1.165) is 5.56 Å². The van der Waals surface area contributed by atoms with Gasteiger partial charge < -0.3 is 4.90 Å². The molecule has 7 nitrogen and oxygen atoms in total. The third-order valence-electron chi connectivity index (χ3n) is 2.97. The van der Waals surface area contributed by atoms with Crippen molar-refractivity contribution in [3.05, 3.63) is 42.4 Å². The third kappa shape index (κ3) is 4.10. The van der Waals surface area contributed by atoms with Crippen molar-refractivity contribution in [1.29, 1.82) is 0 Å². The van der Waals surface area contributed by atoms with Crippen LogP contribution >= 0.6 is 0 Å². The number of aromatic amines is 1. The van der Waals surface area contributed by atoms with Crippen molar-refractivity contribution >= 4 is 10.0 Å². The van der Waals surface area contributed by atoms with E-state index in [1.807, 2.05) is 25.1 Å². The number of aromatic nitrogens is 3. The van der Waals surface area contributed by atoms with E-state index in [2.05, 4.69) is 15.2 Å². The Morgan fingerprint density at radius 2 is 2.00 bits per heavy atom. The summed E-state index contributed by atoms with van der Waals surface area (Å²) in [6.07, 6.45) is 4.77. The molecule has 2 aromatic rings. The minimum absolute atomic E-state index is 0.102. The van der Waals surface area contributed by atoms with E-state index < -0.39 is 10.0 Å². The highest BCUT2D eigenvalue weighted by Gasteiger charge is 2.25. The monoisotopic (exact) mass is 309 g/mol. The van der Waals surface area contributed by atoms with Gasteiger partial charge in [0.05, 0.1) is 6.20 Å². The Labute approximate surface area is 124 Å². The molecule has 2 aromatic heterocycles. The molecule has 0 aliphatic carbocycles. The second-order valence-electron chi connectivity index (χ2n) is 4.92. The van der Waals surface area contributed by atoms with Crippen LogP contribution in [0, 0.1) is 0 Å². The maximum Gasteiger partial charge on any atom is 0.260 e. The number of hydrogen-bond acceptors (Lipinski definition) is 5. The number of likely N-dealkylation sites (N-methyl/N-ethyl adjacent to an activating group) is 1. The minimum Gasteiger partial charge on any atom is -0.308 e. The molecule has 8 heteroatoms. The van der Waals surface area contributed by atoms with Gasteiger partial charge in [0.2, 0.25) is 0 Å². The van der Waals surface area contributed by atoms with E-state index >= 15 is 0 Å². The molecule has 21 heavy (non-hydrogen) atoms. The lowest BCUT2D eigenvalue weighted by molar-refractivity contribution is 0.328. The fraction of sp³-hybridized carbons (Fsp3) is 0.385. The molecule has 0 amide bonds. The van der Waals surface area contributed by atoms with Crippen LogP contribution in [0.1, 0.15) is 5.56 Å². The highest BCUT2D eigenvalue weighted by molar-refractivity contribution is 7.89. The van der Waals surface area contributed by atoms with E-state index in [0.29, 0.717) is 13.1 Å². The molecule has 0 saturated heterocycles. The topological polar surface area (TPSA) is 82.2 Å². The number of sulfonamides is 1. The first-order chi connectivity index (χ1) is 10.00. The summed E-state index contributed by atoms with van der Waals surface area (Å²) in [5.41, 5.74) is 0.847. The molecule has 0 aliphatic heterocycles. The summed E-state index contributed by atoms with van der Waals surface area (Å²) >= 11 is 0. The van der Waals surface area contributed by atoms with Crippen LogP contribution in [0.3, 0.4) is 0 Å². The third-order valence-corrected chi connectivity index (χ3v) is 4.75. The number of nitrogens with one attached hydrogen (secondary N) is 1. The lowest BCUT2D eigenvalue weighted by Crippen LogP contribution is -2.36. The second kappa shape index (κ2) is 6.79. The van der Waals surface area contributed by atoms with Gasteiger partial charge >= 0.3 is 0 Å². The predicted molar refractivity (Wildman–Crippen MR) is 79.0 cm³/mol. The van der Waals surface area contributed by atoms with E-state index in [4.69, 9.17) is 0 Å². The van der Waals surface area contributed by atoms with Crippen molar-refractivity contribution in [2.75, 3.05) is 27.2 Å². The van der Waals surface area contributed by atoms with Gasteiger partial charge in [-0.25, -0.2) is 8.42 Å². The first-order valence-corrected chi connectivity index (χ1v) is 7.97. The number of pyridine rings is 1. The van der Waals surface area contributed by atoms with Gasteiger partial charge in [-0.05, 0) is 31.8 Å². The Balaban J connectivity index is 2.23. The molecule has 0 aromatic carbocycles. The number of nitrogens with zero attached hydrogens (tertiary/aromatic N) is 4. The first kappa shape index (κ1) is 15.6. The van der Waals surface area contributed by atoms with Gasteiger partial charge in [-0.15, -0.1) is 0 Å². The fourth-order valence-electron chi connectivity index (χ4n) is 1.82. The van der Waals surface area contributed by atoms with Crippen LogP contribution in [0.25, 0.3) is 0 Å². The molecule has 0 atom stereocenters. The average Bonchev–Trinajstić information content (AvgIpc) is 2.99. The molecule has 1 N–H and O–H groups in total. The maximum atomic E-state index is 12.6. The van der Waals surface area contributed by atoms with Crippen molar-refractivity contribution in [2.24, 2.45) is 0 Å². The molecular weight excluding hydrogens is 290 g/mol. The zero-order chi connectivity index (χ0) is 15.3. The van der Waals surface area contributed by atoms with Crippen LogP contribution < -0.4 is 0 Å². The summed E-state index contributed by atoms with van der Waals surface area (Å²) in [5.74, 6) is 0. The van der Waals surface area contributed by atoms with Crippen molar-refractivity contribution in [3.63, 3.8) is 0 Å². The van der Waals surface area contributed by atoms with Crippen molar-refractivity contribution in [3.8, 4) is 0 Å². The predicted octanol–water partition coefficient (Wildman–Crippen LogP) is 0.557. The van der Waals surface area contributed by atoms with Gasteiger partial charge in [0.25, 0.3) is 10.0 Å². The summed E-state index contributed by atoms with van der Waals surface area (Å²) in [5, 5.41) is 6.34. The van der Waals surface area contributed by atoms with Crippen LogP contribution in [-0.2, 0) is 16.6 Å². The molecule has 0 saturated carbocycles. The van der Waals surface area contributed by atoms with E-state index in [-0.39, 0.29) is 11.6 Å². The van der Waals surface area contributed by atoms with Crippen LogP contribution in [0.4, 0.5) is 0 Å². The van der Waals surface area contributed by atoms with Gasteiger partial charge in [0.15, 0.2) is 5.03 Å². The lowest BCUT2D eigenvalue weighted by atomic mass is 10.3. The molecule has 0 spiro atoms. The zero-order valence-corrected chi connectivity index (χ0v) is 12.9. The molecule has 0 aliphatic rings. The summed E-state index contributed by atoms with van der Waals surface area (Å²) in [7, 11) is 0.225. The summed E-state index contributed by atoms with van der Waals surface area (Å²) < 4.78 is 26.7. The first-order valence-electron chi connectivity index (χ1n) is 6.53. The standard InChI is InChI=1S/C13H19N5O2S/c1-17(2)8-9-18(11-12-4-3-6-14-10-12)21(19,20)13-5-7-15-16-13/h3-7,10H,8-9,11H2,1-2H3,(H,15,16). The van der Waals surface area contributed by atoms with Gasteiger partial charge in [0, 0.05) is 32.0 Å². The van der Waals surface area contributed by atoms with E-state index in [1.165, 1.54) is 16.6 Å². The number of hydrogen-bond donors (Lipinski definition) is 1. The van der Waals surface area contributed by atoms with Gasteiger partial charge in [-0.2, -0.15) is 9.40 Å². The zero-order valence-electron chi connectivity index (χ0n) is 12.1. The quantitative estimate of drug-likeness (QED) is 0.808. The van der Waals surface area contributed by atoms with Crippen molar-refractivity contribution < 1.29 is 8.42 Å². The molecule has 114 valence electrons. The highest BCUT2D eigenvalue weighted by atomic mass is 32.2. The molecule has 0 fully saturated rings. The Hall–Kier alpha value is -1.77. The summed E-state index contributed by atoms with van der Waals surface area (Å²) in [6, 6.07) is 5.11. The Morgan fingerprint density at radius 1 is 1.19 bits per heavy atom. The normalized spacial score (nSPS) is 12.2. The van der Waals surface area contributed by atoms with Crippen molar-refractivity contribution in [1.82, 2.24) is 24.4 Å². The Morgan fingerprint density at radius 3 is 2.57 bits per heavy atom. The van der Waals surface area contributed by atoms with Crippen LogP contribution in [0.5, 0.6) is 0 Å². The van der Waals surface area contributed by atoms with Gasteiger partial charge in [-0.1, -0.05) is 6.07 Å². The molecule has 0 unspecified atom stereocenters. The SMILES string of the molecule is CN(C)CCN(Cc1cccnc1)S(=O)(=O)c1ccn[nH]1. The van der Waals surface area contributed by atoms with E-state index in [9.17, 15) is 8.42 Å². The minimum atomic E-state index is -3.59. The van der Waals surface area contributed by atoms with Gasteiger partial charge in [0.1, 0.15) is 0 Å². The molecule has 0 radical (unpaired) electrons. The summed E-state index contributed by atoms with van der Waals surface area (Å²) in [4.78, 5) is 5.97. The lowest BCUT2D eigenvalue weighted by Gasteiger charge is -2.23. The highest BCUT2D eigenvalue weighted by Crippen LogP contribution is 2.15. The van der Waals surface area contributed by atoms with Crippen LogP contribution in [0.2, 0.25) is 0 Å². The molecule has 0 bridgehead atoms. The van der Waals surface area contributed by atoms with E-state index in [1.54, 1.807) is 18.5 Å². The fourth-order valence-corrected chi connectivity index (χ4v) is 3.14. The van der Waals surface area contributed by atoms with Crippen molar-refractivity contribution in [2.45, 2.75) is 11.6 Å². The largest absolute Gasteiger partial charge is 0.308 e. The van der Waals surface area contributed by atoms with Crippen LogP contribution in [0.15, 0.2) is 41.8 Å². The second-order valence-corrected chi connectivity index (χ2v) is 6.83. The number of rotatable bonds is 7. The molecule has 2 rings (SSSR count). The Kier molecular flexibility index (Phi) is 5.05. The maximum absolute atomic E-state index is 12.6. The smallest absolute Gasteiger partial charge is 0.260 e. The molecular formula is C13H19N5O2S. The van der Waals surface area contributed by atoms with Crippen LogP contribution in [-0.4, -0.2) is 60.0 Å². The summed E-state index contributed by atoms with van der Waals surface area (Å²) in [6.45, 7) is 1.31. The number of H-pyrrole nitrogens is 1. The molecule has 2 heterocycles. The Bertz CT molecular complexity index is 640. The van der Waals surface area contributed by atoms with Gasteiger partial charge in [-0.3, -0.25) is 10.1 Å². The average molecular weight is 309 g/mol.